The predicted molar refractivity (Wildman–Crippen MR) is 67.7 cm³/mol. The van der Waals surface area contributed by atoms with Crippen LogP contribution in [0.15, 0.2) is 22.8 Å². The molecule has 0 radical (unpaired) electrons. The molecule has 0 aliphatic heterocycles. The van der Waals surface area contributed by atoms with Crippen LogP contribution in [0.4, 0.5) is 0 Å². The summed E-state index contributed by atoms with van der Waals surface area (Å²) < 4.78 is 1.03. The number of rotatable bonds is 5. The van der Waals surface area contributed by atoms with Gasteiger partial charge < -0.3 is 5.73 Å². The van der Waals surface area contributed by atoms with Crippen molar-refractivity contribution < 1.29 is 0 Å². The number of hydrogen-bond acceptors (Lipinski definition) is 2. The highest BCUT2D eigenvalue weighted by atomic mass is 79.9. The van der Waals surface area contributed by atoms with Crippen LogP contribution in [0.1, 0.15) is 32.4 Å². The average Bonchev–Trinajstić information content (AvgIpc) is 2.20. The van der Waals surface area contributed by atoms with Gasteiger partial charge in [-0.15, -0.1) is 0 Å². The Labute approximate surface area is 100 Å². The number of pyridine rings is 1. The van der Waals surface area contributed by atoms with Crippen molar-refractivity contribution >= 4 is 15.9 Å². The number of nitrogens with two attached hydrogens (primary N) is 1. The van der Waals surface area contributed by atoms with E-state index in [1.807, 2.05) is 12.3 Å². The Bertz CT molecular complexity index is 282. The first-order valence-electron chi connectivity index (χ1n) is 5.45. The molecular weight excluding hydrogens is 252 g/mol. The number of hydrogen-bond donors (Lipinski definition) is 1. The predicted octanol–water partition coefficient (Wildman–Crippen LogP) is 3.15. The summed E-state index contributed by atoms with van der Waals surface area (Å²) >= 11 is 3.37. The second kappa shape index (κ2) is 6.23. The highest BCUT2D eigenvalue weighted by Gasteiger charge is 2.06. The molecule has 1 unspecified atom stereocenters. The summed E-state index contributed by atoms with van der Waals surface area (Å²) in [6.07, 6.45) is 5.06. The van der Waals surface area contributed by atoms with Crippen LogP contribution in [0.25, 0.3) is 0 Å². The minimum absolute atomic E-state index is 0.320. The Balaban J connectivity index is 2.29. The third-order valence-electron chi connectivity index (χ3n) is 2.62. The van der Waals surface area contributed by atoms with Crippen LogP contribution in [-0.2, 0) is 6.42 Å². The maximum atomic E-state index is 5.98. The van der Waals surface area contributed by atoms with Crippen molar-refractivity contribution in [3.63, 3.8) is 0 Å². The Morgan fingerprint density at radius 2 is 2.13 bits per heavy atom. The fourth-order valence-electron chi connectivity index (χ4n) is 1.41. The molecule has 84 valence electrons. The smallest absolute Gasteiger partial charge is 0.0413 e. The van der Waals surface area contributed by atoms with Gasteiger partial charge in [-0.1, -0.05) is 13.8 Å². The molecule has 0 bridgehead atoms. The lowest BCUT2D eigenvalue weighted by atomic mass is 9.99. The molecule has 0 aliphatic carbocycles. The number of halogens is 1. The second-order valence-electron chi connectivity index (χ2n) is 4.27. The highest BCUT2D eigenvalue weighted by Crippen LogP contribution is 2.11. The first-order chi connectivity index (χ1) is 7.09. The summed E-state index contributed by atoms with van der Waals surface area (Å²) in [5.74, 6) is 0.572. The van der Waals surface area contributed by atoms with Gasteiger partial charge in [-0.05, 0) is 53.2 Å². The summed E-state index contributed by atoms with van der Waals surface area (Å²) in [6, 6.07) is 4.41. The molecule has 0 saturated carbocycles. The molecule has 2 nitrogen and oxygen atoms in total. The van der Waals surface area contributed by atoms with Crippen molar-refractivity contribution in [1.82, 2.24) is 4.98 Å². The molecule has 0 aliphatic rings. The van der Waals surface area contributed by atoms with E-state index in [0.29, 0.717) is 12.0 Å². The minimum atomic E-state index is 0.320. The van der Waals surface area contributed by atoms with Gasteiger partial charge in [0.2, 0.25) is 0 Å². The van der Waals surface area contributed by atoms with Crippen molar-refractivity contribution in [2.75, 3.05) is 0 Å². The monoisotopic (exact) mass is 270 g/mol. The van der Waals surface area contributed by atoms with Crippen LogP contribution in [0.3, 0.4) is 0 Å². The lowest BCUT2D eigenvalue weighted by molar-refractivity contribution is 0.451. The number of nitrogens with zero attached hydrogens (tertiary/aromatic N) is 1. The molecule has 1 aromatic rings. The number of aromatic nitrogens is 1. The first-order valence-corrected chi connectivity index (χ1v) is 6.25. The van der Waals surface area contributed by atoms with E-state index in [0.717, 1.165) is 29.4 Å². The maximum Gasteiger partial charge on any atom is 0.0413 e. The van der Waals surface area contributed by atoms with Crippen LogP contribution in [0.5, 0.6) is 0 Å². The normalized spacial score (nSPS) is 13.1. The molecule has 0 amide bonds. The van der Waals surface area contributed by atoms with Crippen LogP contribution in [-0.4, -0.2) is 11.0 Å². The van der Waals surface area contributed by atoms with E-state index in [1.54, 1.807) is 0 Å². The lowest BCUT2D eigenvalue weighted by Gasteiger charge is -2.14. The van der Waals surface area contributed by atoms with Gasteiger partial charge in [-0.2, -0.15) is 0 Å². The molecule has 0 spiro atoms. The topological polar surface area (TPSA) is 38.9 Å². The van der Waals surface area contributed by atoms with Crippen LogP contribution < -0.4 is 5.73 Å². The zero-order valence-corrected chi connectivity index (χ0v) is 11.0. The van der Waals surface area contributed by atoms with Crippen molar-refractivity contribution in [3.8, 4) is 0 Å². The van der Waals surface area contributed by atoms with Crippen molar-refractivity contribution in [2.45, 2.75) is 39.2 Å². The Morgan fingerprint density at radius 1 is 1.40 bits per heavy atom. The summed E-state index contributed by atoms with van der Waals surface area (Å²) in [5, 5.41) is 0. The maximum absolute atomic E-state index is 5.98. The van der Waals surface area contributed by atoms with E-state index in [9.17, 15) is 0 Å². The van der Waals surface area contributed by atoms with E-state index < -0.39 is 0 Å². The minimum Gasteiger partial charge on any atom is -0.327 e. The molecule has 1 aromatic heterocycles. The van der Waals surface area contributed by atoms with Gasteiger partial charge in [0.25, 0.3) is 0 Å². The second-order valence-corrected chi connectivity index (χ2v) is 5.18. The SMILES string of the molecule is CC(C)C(N)CCCc1ccc(Br)cn1. The van der Waals surface area contributed by atoms with Crippen LogP contribution in [0.2, 0.25) is 0 Å². The Hall–Kier alpha value is -0.410. The molecule has 3 heteroatoms. The molecular formula is C12H19BrN2. The Kier molecular flexibility index (Phi) is 5.26. The van der Waals surface area contributed by atoms with Gasteiger partial charge in [-0.3, -0.25) is 4.98 Å². The third-order valence-corrected chi connectivity index (χ3v) is 3.08. The average molecular weight is 271 g/mol. The largest absolute Gasteiger partial charge is 0.327 e. The molecule has 2 N–H and O–H groups in total. The zero-order valence-electron chi connectivity index (χ0n) is 9.41. The molecule has 15 heavy (non-hydrogen) atoms. The van der Waals surface area contributed by atoms with E-state index in [2.05, 4.69) is 40.8 Å². The summed E-state index contributed by atoms with van der Waals surface area (Å²) in [6.45, 7) is 4.34. The fraction of sp³-hybridized carbons (Fsp3) is 0.583. The van der Waals surface area contributed by atoms with E-state index in [1.165, 1.54) is 0 Å². The van der Waals surface area contributed by atoms with Gasteiger partial charge in [0, 0.05) is 22.4 Å². The van der Waals surface area contributed by atoms with Crippen molar-refractivity contribution in [3.05, 3.63) is 28.5 Å². The van der Waals surface area contributed by atoms with Gasteiger partial charge in [0.1, 0.15) is 0 Å². The van der Waals surface area contributed by atoms with Crippen molar-refractivity contribution in [2.24, 2.45) is 11.7 Å². The van der Waals surface area contributed by atoms with Gasteiger partial charge in [0.05, 0.1) is 0 Å². The summed E-state index contributed by atoms with van der Waals surface area (Å²) in [5.41, 5.74) is 7.12. The molecule has 1 atom stereocenters. The highest BCUT2D eigenvalue weighted by molar-refractivity contribution is 9.10. The van der Waals surface area contributed by atoms with Crippen molar-refractivity contribution in [1.29, 1.82) is 0 Å². The van der Waals surface area contributed by atoms with E-state index in [-0.39, 0.29) is 0 Å². The van der Waals surface area contributed by atoms with Gasteiger partial charge in [-0.25, -0.2) is 0 Å². The first kappa shape index (κ1) is 12.7. The molecule has 1 rings (SSSR count). The zero-order chi connectivity index (χ0) is 11.3. The molecule has 0 aromatic carbocycles. The lowest BCUT2D eigenvalue weighted by Crippen LogP contribution is -2.26. The third kappa shape index (κ3) is 4.76. The van der Waals surface area contributed by atoms with E-state index >= 15 is 0 Å². The quantitative estimate of drug-likeness (QED) is 0.893. The molecule has 1 heterocycles. The van der Waals surface area contributed by atoms with E-state index in [4.69, 9.17) is 5.73 Å². The standard InChI is InChI=1S/C12H19BrN2/c1-9(2)12(14)5-3-4-11-7-6-10(13)8-15-11/h6-9,12H,3-5,14H2,1-2H3. The van der Waals surface area contributed by atoms with Crippen LogP contribution in [0, 0.1) is 5.92 Å². The summed E-state index contributed by atoms with van der Waals surface area (Å²) in [4.78, 5) is 4.33. The van der Waals surface area contributed by atoms with Gasteiger partial charge in [0.15, 0.2) is 0 Å². The number of aryl methyl sites for hydroxylation is 1. The molecule has 0 fully saturated rings. The van der Waals surface area contributed by atoms with Gasteiger partial charge >= 0.3 is 0 Å². The Morgan fingerprint density at radius 3 is 2.67 bits per heavy atom. The molecule has 0 saturated heterocycles. The summed E-state index contributed by atoms with van der Waals surface area (Å²) in [7, 11) is 0. The van der Waals surface area contributed by atoms with Crippen LogP contribution >= 0.6 is 15.9 Å². The fourth-order valence-corrected chi connectivity index (χ4v) is 1.64.